The summed E-state index contributed by atoms with van der Waals surface area (Å²) in [5, 5.41) is 0. The van der Waals surface area contributed by atoms with Gasteiger partial charge in [-0.25, -0.2) is 8.78 Å². The fourth-order valence-electron chi connectivity index (χ4n) is 2.65. The summed E-state index contributed by atoms with van der Waals surface area (Å²) in [6.45, 7) is 3.18. The minimum absolute atomic E-state index is 0.320. The van der Waals surface area contributed by atoms with E-state index in [0.717, 1.165) is 32.2 Å². The Hall–Kier alpha value is -1.04. The van der Waals surface area contributed by atoms with Crippen LogP contribution in [0, 0.1) is 17.6 Å². The highest BCUT2D eigenvalue weighted by molar-refractivity contribution is 5.21. The van der Waals surface area contributed by atoms with Crippen LogP contribution < -0.4 is 5.73 Å². The molecule has 0 aliphatic carbocycles. The summed E-state index contributed by atoms with van der Waals surface area (Å²) in [6.07, 6.45) is 2.28. The number of likely N-dealkylation sites (N-methyl/N-ethyl adjacent to an activating group) is 1. The van der Waals surface area contributed by atoms with E-state index in [9.17, 15) is 8.78 Å². The number of rotatable bonds is 5. The summed E-state index contributed by atoms with van der Waals surface area (Å²) in [5.41, 5.74) is 6.68. The van der Waals surface area contributed by atoms with Crippen molar-refractivity contribution in [2.24, 2.45) is 11.7 Å². The van der Waals surface area contributed by atoms with E-state index in [2.05, 4.69) is 4.90 Å². The van der Waals surface area contributed by atoms with Crippen molar-refractivity contribution in [3.63, 3.8) is 0 Å². The summed E-state index contributed by atoms with van der Waals surface area (Å²) < 4.78 is 31.5. The van der Waals surface area contributed by atoms with Gasteiger partial charge in [-0.3, -0.25) is 0 Å². The maximum Gasteiger partial charge on any atom is 0.159 e. The van der Waals surface area contributed by atoms with Gasteiger partial charge in [0, 0.05) is 25.7 Å². The maximum absolute atomic E-state index is 13.2. The second-order valence-corrected chi connectivity index (χ2v) is 5.58. The molecule has 2 rings (SSSR count). The Morgan fingerprint density at radius 2 is 2.20 bits per heavy atom. The largest absolute Gasteiger partial charge is 0.381 e. The number of benzene rings is 1. The maximum atomic E-state index is 13.2. The predicted molar refractivity (Wildman–Crippen MR) is 74.3 cm³/mol. The average Bonchev–Trinajstić information content (AvgIpc) is 2.42. The van der Waals surface area contributed by atoms with Crippen molar-refractivity contribution >= 4 is 0 Å². The molecule has 2 N–H and O–H groups in total. The molecule has 0 aromatic heterocycles. The molecule has 3 nitrogen and oxygen atoms in total. The van der Waals surface area contributed by atoms with Crippen LogP contribution in [0.3, 0.4) is 0 Å². The van der Waals surface area contributed by atoms with E-state index in [1.54, 1.807) is 6.07 Å². The zero-order valence-corrected chi connectivity index (χ0v) is 11.8. The Morgan fingerprint density at radius 3 is 2.85 bits per heavy atom. The van der Waals surface area contributed by atoms with Crippen molar-refractivity contribution in [2.75, 3.05) is 33.4 Å². The van der Waals surface area contributed by atoms with Gasteiger partial charge in [-0.15, -0.1) is 0 Å². The van der Waals surface area contributed by atoms with Gasteiger partial charge in [0.05, 0.1) is 6.61 Å². The molecule has 0 spiro atoms. The molecule has 1 fully saturated rings. The lowest BCUT2D eigenvalue weighted by Crippen LogP contribution is -2.35. The van der Waals surface area contributed by atoms with Gasteiger partial charge < -0.3 is 15.4 Å². The van der Waals surface area contributed by atoms with Crippen LogP contribution in [-0.4, -0.2) is 38.3 Å². The highest BCUT2D eigenvalue weighted by Crippen LogP contribution is 2.18. The van der Waals surface area contributed by atoms with E-state index < -0.39 is 11.6 Å². The first-order chi connectivity index (χ1) is 9.56. The lowest BCUT2D eigenvalue weighted by molar-refractivity contribution is 0.0414. The molecule has 2 atom stereocenters. The van der Waals surface area contributed by atoms with Gasteiger partial charge in [-0.2, -0.15) is 0 Å². The van der Waals surface area contributed by atoms with Gasteiger partial charge in [0.2, 0.25) is 0 Å². The summed E-state index contributed by atoms with van der Waals surface area (Å²) in [5.74, 6) is -1.15. The Bertz CT molecular complexity index is 436. The number of hydrogen-bond donors (Lipinski definition) is 1. The molecule has 0 amide bonds. The molecular weight excluding hydrogens is 262 g/mol. The van der Waals surface area contributed by atoms with E-state index >= 15 is 0 Å². The van der Waals surface area contributed by atoms with E-state index in [1.165, 1.54) is 12.5 Å². The number of nitrogens with zero attached hydrogens (tertiary/aromatic N) is 1. The van der Waals surface area contributed by atoms with Crippen LogP contribution in [0.5, 0.6) is 0 Å². The van der Waals surface area contributed by atoms with E-state index in [-0.39, 0.29) is 6.04 Å². The van der Waals surface area contributed by atoms with Crippen LogP contribution in [0.1, 0.15) is 24.4 Å². The van der Waals surface area contributed by atoms with Gasteiger partial charge in [-0.1, -0.05) is 6.07 Å². The smallest absolute Gasteiger partial charge is 0.159 e. The summed E-state index contributed by atoms with van der Waals surface area (Å²) in [4.78, 5) is 2.13. The first kappa shape index (κ1) is 15.4. The molecule has 0 radical (unpaired) electrons. The third-order valence-corrected chi connectivity index (χ3v) is 3.70. The van der Waals surface area contributed by atoms with E-state index in [0.29, 0.717) is 18.0 Å². The highest BCUT2D eigenvalue weighted by atomic mass is 19.2. The summed E-state index contributed by atoms with van der Waals surface area (Å²) in [7, 11) is 1.99. The summed E-state index contributed by atoms with van der Waals surface area (Å²) in [6, 6.07) is 3.53. The Kier molecular flexibility index (Phi) is 5.46. The first-order valence-corrected chi connectivity index (χ1v) is 7.03. The van der Waals surface area contributed by atoms with Crippen LogP contribution in [0.25, 0.3) is 0 Å². The van der Waals surface area contributed by atoms with E-state index in [1.807, 2.05) is 7.05 Å². The number of halogens is 2. The second-order valence-electron chi connectivity index (χ2n) is 5.58. The first-order valence-electron chi connectivity index (χ1n) is 7.03. The van der Waals surface area contributed by atoms with Crippen molar-refractivity contribution in [3.05, 3.63) is 35.4 Å². The number of nitrogens with two attached hydrogens (primary N) is 1. The molecule has 20 heavy (non-hydrogen) atoms. The molecule has 112 valence electrons. The fraction of sp³-hybridized carbons (Fsp3) is 0.600. The third-order valence-electron chi connectivity index (χ3n) is 3.70. The van der Waals surface area contributed by atoms with Crippen LogP contribution in [0.2, 0.25) is 0 Å². The van der Waals surface area contributed by atoms with Crippen LogP contribution >= 0.6 is 0 Å². The Balaban J connectivity index is 1.86. The second kappa shape index (κ2) is 7.11. The molecule has 1 saturated heterocycles. The van der Waals surface area contributed by atoms with Gasteiger partial charge in [0.15, 0.2) is 11.6 Å². The molecule has 0 saturated carbocycles. The zero-order valence-electron chi connectivity index (χ0n) is 11.8. The van der Waals surface area contributed by atoms with Crippen molar-refractivity contribution in [2.45, 2.75) is 18.9 Å². The molecule has 1 heterocycles. The van der Waals surface area contributed by atoms with Crippen LogP contribution in [-0.2, 0) is 4.74 Å². The Morgan fingerprint density at radius 1 is 1.40 bits per heavy atom. The monoisotopic (exact) mass is 284 g/mol. The molecular formula is C15H22F2N2O. The van der Waals surface area contributed by atoms with Crippen molar-refractivity contribution in [3.8, 4) is 0 Å². The van der Waals surface area contributed by atoms with Crippen LogP contribution in [0.4, 0.5) is 8.78 Å². The van der Waals surface area contributed by atoms with E-state index in [4.69, 9.17) is 10.5 Å². The molecule has 5 heteroatoms. The Labute approximate surface area is 118 Å². The lowest BCUT2D eigenvalue weighted by Gasteiger charge is -2.28. The molecule has 2 unspecified atom stereocenters. The predicted octanol–water partition coefficient (Wildman–Crippen LogP) is 2.32. The van der Waals surface area contributed by atoms with Gasteiger partial charge in [0.1, 0.15) is 0 Å². The topological polar surface area (TPSA) is 38.5 Å². The quantitative estimate of drug-likeness (QED) is 0.902. The molecule has 1 aromatic rings. The van der Waals surface area contributed by atoms with Gasteiger partial charge in [0.25, 0.3) is 0 Å². The lowest BCUT2D eigenvalue weighted by atomic mass is 10.0. The molecule has 1 aliphatic heterocycles. The van der Waals surface area contributed by atoms with Crippen molar-refractivity contribution < 1.29 is 13.5 Å². The van der Waals surface area contributed by atoms with Gasteiger partial charge >= 0.3 is 0 Å². The summed E-state index contributed by atoms with van der Waals surface area (Å²) >= 11 is 0. The SMILES string of the molecule is CN(CC1CCCOC1)CC(N)c1ccc(F)c(F)c1. The van der Waals surface area contributed by atoms with Crippen molar-refractivity contribution in [1.82, 2.24) is 4.90 Å². The third kappa shape index (κ3) is 4.23. The average molecular weight is 284 g/mol. The zero-order chi connectivity index (χ0) is 14.5. The minimum atomic E-state index is -0.846. The van der Waals surface area contributed by atoms with Crippen LogP contribution in [0.15, 0.2) is 18.2 Å². The number of ether oxygens (including phenoxy) is 1. The fourth-order valence-corrected chi connectivity index (χ4v) is 2.65. The standard InChI is InChI=1S/C15H22F2N2O/c1-19(8-11-3-2-6-20-10-11)9-15(18)12-4-5-13(16)14(17)7-12/h4-5,7,11,15H,2-3,6,8-10,18H2,1H3. The minimum Gasteiger partial charge on any atom is -0.381 e. The molecule has 0 bridgehead atoms. The molecule has 1 aliphatic rings. The van der Waals surface area contributed by atoms with Crippen molar-refractivity contribution in [1.29, 1.82) is 0 Å². The molecule has 1 aromatic carbocycles. The number of hydrogen-bond acceptors (Lipinski definition) is 3. The van der Waals surface area contributed by atoms with Gasteiger partial charge in [-0.05, 0) is 43.5 Å². The normalized spacial score (nSPS) is 21.1. The highest BCUT2D eigenvalue weighted by Gasteiger charge is 2.18.